The molecule has 2 aromatic rings. The van der Waals surface area contributed by atoms with Crippen LogP contribution in [0.1, 0.15) is 0 Å². The Kier molecular flexibility index (Phi) is 6.08. The van der Waals surface area contributed by atoms with Gasteiger partial charge in [-0.05, 0) is 24.3 Å². The maximum atomic E-state index is 10.8. The van der Waals surface area contributed by atoms with Crippen molar-refractivity contribution in [2.45, 2.75) is 0 Å². The van der Waals surface area contributed by atoms with Gasteiger partial charge in [0.15, 0.2) is 0 Å². The van der Waals surface area contributed by atoms with Gasteiger partial charge in [-0.15, -0.1) is 0 Å². The number of nitro benzene ring substituents is 1. The predicted molar refractivity (Wildman–Crippen MR) is 107 cm³/mol. The molecule has 0 amide bonds. The highest BCUT2D eigenvalue weighted by molar-refractivity contribution is 5.54. The fourth-order valence-electron chi connectivity index (χ4n) is 3.14. The average Bonchev–Trinajstić information content (AvgIpc) is 2.72. The molecule has 0 aliphatic carbocycles. The lowest BCUT2D eigenvalue weighted by Gasteiger charge is -2.37. The third-order valence-electron chi connectivity index (χ3n) is 4.82. The normalized spacial score (nSPS) is 14.3. The lowest BCUT2D eigenvalue weighted by molar-refractivity contribution is -0.384. The van der Waals surface area contributed by atoms with Crippen LogP contribution in [-0.4, -0.2) is 63.4 Å². The summed E-state index contributed by atoms with van der Waals surface area (Å²) in [4.78, 5) is 21.6. The maximum absolute atomic E-state index is 10.8. The van der Waals surface area contributed by atoms with E-state index in [4.69, 9.17) is 4.74 Å². The number of aromatic nitrogens is 1. The van der Waals surface area contributed by atoms with E-state index in [1.54, 1.807) is 19.2 Å². The summed E-state index contributed by atoms with van der Waals surface area (Å²) in [5.41, 5.74) is 2.26. The Morgan fingerprint density at radius 2 is 1.67 bits per heavy atom. The van der Waals surface area contributed by atoms with Gasteiger partial charge in [0.1, 0.15) is 5.82 Å². The molecule has 0 bridgehead atoms. The van der Waals surface area contributed by atoms with Crippen molar-refractivity contribution in [3.8, 4) is 0 Å². The van der Waals surface area contributed by atoms with Crippen LogP contribution < -0.4 is 14.7 Å². The molecule has 144 valence electrons. The van der Waals surface area contributed by atoms with Crippen molar-refractivity contribution in [2.24, 2.45) is 0 Å². The lowest BCUT2D eigenvalue weighted by Crippen LogP contribution is -2.46. The zero-order valence-electron chi connectivity index (χ0n) is 15.7. The first-order chi connectivity index (χ1) is 13.1. The molecule has 0 spiro atoms. The van der Waals surface area contributed by atoms with E-state index in [2.05, 4.69) is 25.8 Å². The van der Waals surface area contributed by atoms with Gasteiger partial charge >= 0.3 is 0 Å². The van der Waals surface area contributed by atoms with Gasteiger partial charge in [0.2, 0.25) is 0 Å². The standard InChI is InChI=1S/C19H25N5O3/c1-21(13-14-27-2)19-8-7-18(15-20-19)23-11-9-22(10-12-23)16-3-5-17(6-4-16)24(25)26/h3-8,15H,9-14H2,1-2H3. The molecule has 1 aliphatic heterocycles. The minimum atomic E-state index is -0.370. The number of methoxy groups -OCH3 is 1. The Morgan fingerprint density at radius 3 is 2.19 bits per heavy atom. The van der Waals surface area contributed by atoms with E-state index in [9.17, 15) is 10.1 Å². The summed E-state index contributed by atoms with van der Waals surface area (Å²) in [5, 5.41) is 10.8. The van der Waals surface area contributed by atoms with E-state index < -0.39 is 0 Å². The summed E-state index contributed by atoms with van der Waals surface area (Å²) in [7, 11) is 3.70. The summed E-state index contributed by atoms with van der Waals surface area (Å²) in [5.74, 6) is 0.931. The summed E-state index contributed by atoms with van der Waals surface area (Å²) >= 11 is 0. The van der Waals surface area contributed by atoms with Gasteiger partial charge in [-0.1, -0.05) is 0 Å². The Hall–Kier alpha value is -2.87. The molecule has 1 fully saturated rings. The maximum Gasteiger partial charge on any atom is 0.269 e. The van der Waals surface area contributed by atoms with Gasteiger partial charge in [-0.3, -0.25) is 10.1 Å². The first-order valence-electron chi connectivity index (χ1n) is 8.99. The number of nitrogens with zero attached hydrogens (tertiary/aromatic N) is 5. The Bertz CT molecular complexity index is 743. The number of non-ortho nitro benzene ring substituents is 1. The number of nitro groups is 1. The van der Waals surface area contributed by atoms with Crippen LogP contribution in [-0.2, 0) is 4.74 Å². The van der Waals surface area contributed by atoms with Gasteiger partial charge in [0.25, 0.3) is 5.69 Å². The first kappa shape index (κ1) is 18.9. The highest BCUT2D eigenvalue weighted by atomic mass is 16.6. The molecule has 8 nitrogen and oxygen atoms in total. The van der Waals surface area contributed by atoms with E-state index in [1.807, 2.05) is 31.4 Å². The van der Waals surface area contributed by atoms with Crippen molar-refractivity contribution in [2.75, 3.05) is 68.2 Å². The quantitative estimate of drug-likeness (QED) is 0.546. The summed E-state index contributed by atoms with van der Waals surface area (Å²) < 4.78 is 5.10. The Balaban J connectivity index is 1.56. The fraction of sp³-hybridized carbons (Fsp3) is 0.421. The number of piperazine rings is 1. The van der Waals surface area contributed by atoms with Crippen LogP contribution in [0, 0.1) is 10.1 Å². The zero-order chi connectivity index (χ0) is 19.2. The van der Waals surface area contributed by atoms with E-state index in [-0.39, 0.29) is 10.6 Å². The molecule has 1 saturated heterocycles. The molecule has 1 aromatic heterocycles. The second-order valence-corrected chi connectivity index (χ2v) is 6.54. The van der Waals surface area contributed by atoms with Crippen molar-refractivity contribution < 1.29 is 9.66 Å². The molecular weight excluding hydrogens is 346 g/mol. The number of rotatable bonds is 7. The van der Waals surface area contributed by atoms with Crippen molar-refractivity contribution in [1.29, 1.82) is 0 Å². The summed E-state index contributed by atoms with van der Waals surface area (Å²) in [6.45, 7) is 4.98. The molecule has 2 heterocycles. The second kappa shape index (κ2) is 8.68. The van der Waals surface area contributed by atoms with Crippen LogP contribution in [0.4, 0.5) is 22.9 Å². The molecule has 0 saturated carbocycles. The smallest absolute Gasteiger partial charge is 0.269 e. The van der Waals surface area contributed by atoms with E-state index in [1.165, 1.54) is 0 Å². The number of hydrogen-bond donors (Lipinski definition) is 0. The molecular formula is C19H25N5O3. The zero-order valence-corrected chi connectivity index (χ0v) is 15.7. The van der Waals surface area contributed by atoms with Gasteiger partial charge in [0.05, 0.1) is 23.4 Å². The summed E-state index contributed by atoms with van der Waals surface area (Å²) in [6.07, 6.45) is 1.92. The molecule has 1 aromatic carbocycles. The van der Waals surface area contributed by atoms with Crippen molar-refractivity contribution in [1.82, 2.24) is 4.98 Å². The summed E-state index contributed by atoms with van der Waals surface area (Å²) in [6, 6.07) is 10.9. The number of pyridine rings is 1. The van der Waals surface area contributed by atoms with Crippen molar-refractivity contribution >= 4 is 22.9 Å². The topological polar surface area (TPSA) is 75.0 Å². The number of ether oxygens (including phenoxy) is 1. The van der Waals surface area contributed by atoms with Crippen molar-refractivity contribution in [3.63, 3.8) is 0 Å². The number of anilines is 3. The van der Waals surface area contributed by atoms with Crippen LogP contribution in [0.15, 0.2) is 42.6 Å². The van der Waals surface area contributed by atoms with E-state index in [0.717, 1.165) is 49.9 Å². The Morgan fingerprint density at radius 1 is 1.07 bits per heavy atom. The number of likely N-dealkylation sites (N-methyl/N-ethyl adjacent to an activating group) is 1. The molecule has 0 N–H and O–H groups in total. The molecule has 0 radical (unpaired) electrons. The Labute approximate surface area is 159 Å². The molecule has 0 unspecified atom stereocenters. The molecule has 3 rings (SSSR count). The van der Waals surface area contributed by atoms with Crippen LogP contribution in [0.3, 0.4) is 0 Å². The van der Waals surface area contributed by atoms with Gasteiger partial charge in [0, 0.05) is 64.7 Å². The SMILES string of the molecule is COCCN(C)c1ccc(N2CCN(c3ccc([N+](=O)[O-])cc3)CC2)cn1. The highest BCUT2D eigenvalue weighted by Gasteiger charge is 2.18. The van der Waals surface area contributed by atoms with Crippen molar-refractivity contribution in [3.05, 3.63) is 52.7 Å². The fourth-order valence-corrected chi connectivity index (χ4v) is 3.14. The number of hydrogen-bond acceptors (Lipinski definition) is 7. The first-order valence-corrected chi connectivity index (χ1v) is 8.99. The van der Waals surface area contributed by atoms with E-state index >= 15 is 0 Å². The van der Waals surface area contributed by atoms with Crippen LogP contribution >= 0.6 is 0 Å². The van der Waals surface area contributed by atoms with Crippen LogP contribution in [0.25, 0.3) is 0 Å². The highest BCUT2D eigenvalue weighted by Crippen LogP contribution is 2.23. The van der Waals surface area contributed by atoms with Crippen LogP contribution in [0.5, 0.6) is 0 Å². The van der Waals surface area contributed by atoms with Crippen LogP contribution in [0.2, 0.25) is 0 Å². The molecule has 27 heavy (non-hydrogen) atoms. The minimum Gasteiger partial charge on any atom is -0.383 e. The minimum absolute atomic E-state index is 0.124. The third kappa shape index (κ3) is 4.65. The number of benzene rings is 1. The monoisotopic (exact) mass is 371 g/mol. The largest absolute Gasteiger partial charge is 0.383 e. The average molecular weight is 371 g/mol. The third-order valence-corrected chi connectivity index (χ3v) is 4.82. The van der Waals surface area contributed by atoms with Gasteiger partial charge < -0.3 is 19.4 Å². The van der Waals surface area contributed by atoms with E-state index in [0.29, 0.717) is 6.61 Å². The van der Waals surface area contributed by atoms with Gasteiger partial charge in [-0.2, -0.15) is 0 Å². The van der Waals surface area contributed by atoms with Gasteiger partial charge in [-0.25, -0.2) is 4.98 Å². The molecule has 1 aliphatic rings. The lowest BCUT2D eigenvalue weighted by atomic mass is 10.2. The second-order valence-electron chi connectivity index (χ2n) is 6.54. The molecule has 0 atom stereocenters. The molecule has 8 heteroatoms. The predicted octanol–water partition coefficient (Wildman–Crippen LogP) is 2.40.